The molecule has 0 N–H and O–H groups in total. The Labute approximate surface area is 202 Å². The van der Waals surface area contributed by atoms with Crippen molar-refractivity contribution < 1.29 is 14.3 Å². The van der Waals surface area contributed by atoms with Crippen LogP contribution in [-0.2, 0) is 16.0 Å². The summed E-state index contributed by atoms with van der Waals surface area (Å²) >= 11 is 1.60. The maximum absolute atomic E-state index is 13.1. The summed E-state index contributed by atoms with van der Waals surface area (Å²) in [5.74, 6) is 0.650. The van der Waals surface area contributed by atoms with Crippen molar-refractivity contribution in [3.8, 4) is 11.8 Å². The molecular weight excluding hydrogens is 448 g/mol. The molecule has 2 aliphatic heterocycles. The van der Waals surface area contributed by atoms with Gasteiger partial charge in [0.1, 0.15) is 11.8 Å². The number of thiazole rings is 1. The number of aromatic nitrogens is 1. The number of carbonyl (C=O) groups excluding carboxylic acids is 2. The minimum atomic E-state index is -0.649. The first-order chi connectivity index (χ1) is 16.5. The van der Waals surface area contributed by atoms with Crippen LogP contribution < -0.4 is 9.64 Å². The highest BCUT2D eigenvalue weighted by Crippen LogP contribution is 2.38. The number of hydrogen-bond donors (Lipinski definition) is 0. The smallest absolute Gasteiger partial charge is 0.266 e. The average molecular weight is 473 g/mol. The zero-order valence-corrected chi connectivity index (χ0v) is 19.6. The average Bonchev–Trinajstić information content (AvgIpc) is 3.48. The van der Waals surface area contributed by atoms with Crippen LogP contribution in [0.1, 0.15) is 40.7 Å². The fourth-order valence-corrected chi connectivity index (χ4v) is 5.17. The second-order valence-electron chi connectivity index (χ2n) is 8.50. The minimum Gasteiger partial charge on any atom is -0.478 e. The van der Waals surface area contributed by atoms with Crippen LogP contribution in [0.4, 0.5) is 5.69 Å². The number of carbonyl (C=O) groups is 2. The molecule has 7 nitrogen and oxygen atoms in total. The Morgan fingerprint density at radius 2 is 1.91 bits per heavy atom. The molecular formula is C26H24N4O3S. The number of β-lactam (4-membered cyclic amide) rings is 1. The van der Waals surface area contributed by atoms with Crippen LogP contribution in [0.25, 0.3) is 0 Å². The van der Waals surface area contributed by atoms with Crippen LogP contribution in [0, 0.1) is 18.3 Å². The molecule has 0 saturated carbocycles. The summed E-state index contributed by atoms with van der Waals surface area (Å²) in [5, 5.41) is 12.2. The number of amides is 2. The Kier molecular flexibility index (Phi) is 6.03. The van der Waals surface area contributed by atoms with Gasteiger partial charge in [0.05, 0.1) is 22.3 Å². The number of hydrogen-bond acceptors (Lipinski definition) is 6. The maximum atomic E-state index is 13.1. The van der Waals surface area contributed by atoms with E-state index >= 15 is 0 Å². The van der Waals surface area contributed by atoms with E-state index in [0.717, 1.165) is 34.9 Å². The van der Waals surface area contributed by atoms with Gasteiger partial charge < -0.3 is 14.5 Å². The lowest BCUT2D eigenvalue weighted by atomic mass is 9.89. The van der Waals surface area contributed by atoms with Gasteiger partial charge in [-0.1, -0.05) is 12.1 Å². The van der Waals surface area contributed by atoms with Crippen LogP contribution in [0.15, 0.2) is 53.9 Å². The summed E-state index contributed by atoms with van der Waals surface area (Å²) in [5.41, 5.74) is 3.32. The predicted molar refractivity (Wildman–Crippen MR) is 129 cm³/mol. The van der Waals surface area contributed by atoms with E-state index in [-0.39, 0.29) is 17.9 Å². The first kappa shape index (κ1) is 22.1. The highest BCUT2D eigenvalue weighted by atomic mass is 32.1. The molecule has 2 amide bonds. The number of likely N-dealkylation sites (tertiary alicyclic amines) is 1. The summed E-state index contributed by atoms with van der Waals surface area (Å²) < 4.78 is 6.14. The second kappa shape index (κ2) is 9.27. The van der Waals surface area contributed by atoms with Crippen LogP contribution in [0.3, 0.4) is 0 Å². The molecule has 3 heterocycles. The molecule has 2 saturated heterocycles. The van der Waals surface area contributed by atoms with E-state index in [1.165, 1.54) is 0 Å². The molecule has 2 aliphatic rings. The molecule has 0 unspecified atom stereocenters. The third kappa shape index (κ3) is 4.27. The van der Waals surface area contributed by atoms with Gasteiger partial charge in [-0.2, -0.15) is 5.26 Å². The number of benzene rings is 2. The Morgan fingerprint density at radius 3 is 2.53 bits per heavy atom. The largest absolute Gasteiger partial charge is 0.478 e. The molecule has 1 aromatic heterocycles. The lowest BCUT2D eigenvalue weighted by Crippen LogP contribution is -2.61. The van der Waals surface area contributed by atoms with E-state index in [0.29, 0.717) is 30.7 Å². The summed E-state index contributed by atoms with van der Waals surface area (Å²) in [6.45, 7) is 3.24. The number of ether oxygens (including phenoxy) is 1. The third-order valence-electron chi connectivity index (χ3n) is 6.29. The predicted octanol–water partition coefficient (Wildman–Crippen LogP) is 4.02. The molecule has 2 atom stereocenters. The molecule has 8 heteroatoms. The molecule has 2 fully saturated rings. The Morgan fingerprint density at radius 1 is 1.15 bits per heavy atom. The summed E-state index contributed by atoms with van der Waals surface area (Å²) in [6, 6.07) is 16.5. The summed E-state index contributed by atoms with van der Waals surface area (Å²) in [7, 11) is 0. The van der Waals surface area contributed by atoms with Crippen molar-refractivity contribution in [3.63, 3.8) is 0 Å². The fourth-order valence-electron chi connectivity index (χ4n) is 4.52. The molecule has 0 spiro atoms. The normalized spacial score (nSPS) is 19.8. The van der Waals surface area contributed by atoms with Gasteiger partial charge in [-0.15, -0.1) is 11.3 Å². The van der Waals surface area contributed by atoms with E-state index < -0.39 is 6.10 Å². The SMILES string of the molecule is Cc1nc(CCN2C(=O)[C@@H](Oc3ccc(N4CCCC4=O)cc3)[C@@H]2c2ccc(C#N)cc2)cs1. The highest BCUT2D eigenvalue weighted by molar-refractivity contribution is 7.09. The van der Waals surface area contributed by atoms with Crippen molar-refractivity contribution in [1.29, 1.82) is 5.26 Å². The van der Waals surface area contributed by atoms with Gasteiger partial charge >= 0.3 is 0 Å². The number of rotatable bonds is 7. The molecule has 2 aromatic carbocycles. The minimum absolute atomic E-state index is 0.0693. The molecule has 0 aliphatic carbocycles. The van der Waals surface area contributed by atoms with Crippen molar-refractivity contribution in [2.75, 3.05) is 18.0 Å². The number of nitriles is 1. The van der Waals surface area contributed by atoms with E-state index in [2.05, 4.69) is 11.1 Å². The number of nitrogens with zero attached hydrogens (tertiary/aromatic N) is 4. The lowest BCUT2D eigenvalue weighted by Gasteiger charge is -2.46. The van der Waals surface area contributed by atoms with E-state index in [1.807, 2.05) is 53.6 Å². The fraction of sp³-hybridized carbons (Fsp3) is 0.308. The topological polar surface area (TPSA) is 86.5 Å². The quantitative estimate of drug-likeness (QED) is 0.485. The van der Waals surface area contributed by atoms with Crippen molar-refractivity contribution in [1.82, 2.24) is 9.88 Å². The first-order valence-electron chi connectivity index (χ1n) is 11.3. The Bertz CT molecular complexity index is 1250. The van der Waals surface area contributed by atoms with Gasteiger partial charge in [0.15, 0.2) is 0 Å². The molecule has 172 valence electrons. The number of aryl methyl sites for hydroxylation is 1. The molecule has 3 aromatic rings. The lowest BCUT2D eigenvalue weighted by molar-refractivity contribution is -0.164. The van der Waals surface area contributed by atoms with Gasteiger partial charge in [0, 0.05) is 37.0 Å². The maximum Gasteiger partial charge on any atom is 0.266 e. The third-order valence-corrected chi connectivity index (χ3v) is 7.11. The van der Waals surface area contributed by atoms with Gasteiger partial charge in [-0.3, -0.25) is 9.59 Å². The van der Waals surface area contributed by atoms with Gasteiger partial charge in [-0.05, 0) is 55.3 Å². The Balaban J connectivity index is 1.33. The second-order valence-corrected chi connectivity index (χ2v) is 9.56. The molecule has 34 heavy (non-hydrogen) atoms. The van der Waals surface area contributed by atoms with Crippen molar-refractivity contribution in [2.24, 2.45) is 0 Å². The molecule has 0 radical (unpaired) electrons. The van der Waals surface area contributed by atoms with Gasteiger partial charge in [0.25, 0.3) is 5.91 Å². The molecule has 0 bridgehead atoms. The van der Waals surface area contributed by atoms with Crippen molar-refractivity contribution in [3.05, 3.63) is 75.7 Å². The first-order valence-corrected chi connectivity index (χ1v) is 12.2. The zero-order chi connectivity index (χ0) is 23.7. The van der Waals surface area contributed by atoms with E-state index in [9.17, 15) is 9.59 Å². The van der Waals surface area contributed by atoms with Crippen molar-refractivity contribution >= 4 is 28.8 Å². The molecule has 5 rings (SSSR count). The van der Waals surface area contributed by atoms with Crippen LogP contribution >= 0.6 is 11.3 Å². The number of anilines is 1. The van der Waals surface area contributed by atoms with E-state index in [4.69, 9.17) is 10.00 Å². The van der Waals surface area contributed by atoms with Gasteiger partial charge in [-0.25, -0.2) is 4.98 Å². The van der Waals surface area contributed by atoms with Crippen LogP contribution in [-0.4, -0.2) is 40.9 Å². The standard InChI is InChI=1S/C26H24N4O3S/c1-17-28-20(16-34-17)12-14-30-24(19-6-4-18(15-27)5-7-19)25(26(30)32)33-22-10-8-21(9-11-22)29-13-2-3-23(29)31/h4-11,16,24-25H,2-3,12-14H2,1H3/t24-,25-/m0/s1. The summed E-state index contributed by atoms with van der Waals surface area (Å²) in [4.78, 5) is 33.2. The van der Waals surface area contributed by atoms with E-state index in [1.54, 1.807) is 28.4 Å². The van der Waals surface area contributed by atoms with Crippen LogP contribution in [0.5, 0.6) is 5.75 Å². The monoisotopic (exact) mass is 472 g/mol. The Hall–Kier alpha value is -3.70. The van der Waals surface area contributed by atoms with Gasteiger partial charge in [0.2, 0.25) is 12.0 Å². The highest BCUT2D eigenvalue weighted by Gasteiger charge is 2.49. The van der Waals surface area contributed by atoms with Crippen molar-refractivity contribution in [2.45, 2.75) is 38.3 Å². The summed E-state index contributed by atoms with van der Waals surface area (Å²) in [6.07, 6.45) is 1.48. The van der Waals surface area contributed by atoms with Crippen LogP contribution in [0.2, 0.25) is 0 Å². The zero-order valence-electron chi connectivity index (χ0n) is 18.8.